The summed E-state index contributed by atoms with van der Waals surface area (Å²) in [6, 6.07) is 6.98. The van der Waals surface area contributed by atoms with Crippen LogP contribution in [0.4, 0.5) is 10.6 Å². The molecule has 0 saturated carbocycles. The summed E-state index contributed by atoms with van der Waals surface area (Å²) in [4.78, 5) is 11.3. The van der Waals surface area contributed by atoms with Gasteiger partial charge < -0.3 is 4.74 Å². The average Bonchev–Trinajstić information content (AvgIpc) is 2.70. The quantitative estimate of drug-likeness (QED) is 0.788. The van der Waals surface area contributed by atoms with E-state index >= 15 is 0 Å². The Kier molecular flexibility index (Phi) is 3.79. The molecule has 0 saturated heterocycles. The van der Waals surface area contributed by atoms with Gasteiger partial charge in [0.2, 0.25) is 0 Å². The first-order valence-electron chi connectivity index (χ1n) is 5.81. The highest BCUT2D eigenvalue weighted by Crippen LogP contribution is 2.20. The van der Waals surface area contributed by atoms with Crippen molar-refractivity contribution >= 4 is 33.0 Å². The van der Waals surface area contributed by atoms with Crippen molar-refractivity contribution in [1.82, 2.24) is 14.9 Å². The lowest BCUT2D eigenvalue weighted by atomic mass is 10.2. The lowest BCUT2D eigenvalue weighted by Gasteiger charge is -2.10. The third kappa shape index (κ3) is 3.38. The Labute approximate surface area is 115 Å². The van der Waals surface area contributed by atoms with Crippen LogP contribution >= 0.6 is 0 Å². The van der Waals surface area contributed by atoms with Gasteiger partial charge in [0, 0.05) is 5.39 Å². The monoisotopic (exact) mass is 298 g/mol. The van der Waals surface area contributed by atoms with Crippen LogP contribution in [0.2, 0.25) is 0 Å². The molecule has 1 amide bonds. The van der Waals surface area contributed by atoms with Gasteiger partial charge in [0.1, 0.15) is 0 Å². The standard InChI is InChI=1S/C11H14N4O4S/c1-7(2)19-11(16)15-20(17,18)14-10-8-5-3-4-6-9(8)12-13-10/h3-7H,1-2H3,(H,15,16)(H2,12,13,14). The van der Waals surface area contributed by atoms with Gasteiger partial charge in [0.05, 0.1) is 11.6 Å². The first-order chi connectivity index (χ1) is 9.37. The predicted octanol–water partition coefficient (Wildman–Crippen LogP) is 1.35. The van der Waals surface area contributed by atoms with Crippen molar-refractivity contribution < 1.29 is 17.9 Å². The molecule has 0 bridgehead atoms. The number of anilines is 1. The van der Waals surface area contributed by atoms with E-state index in [4.69, 9.17) is 4.74 Å². The number of hydrogen-bond acceptors (Lipinski definition) is 5. The summed E-state index contributed by atoms with van der Waals surface area (Å²) < 4.78 is 32.1. The highest BCUT2D eigenvalue weighted by molar-refractivity contribution is 7.91. The molecule has 0 spiro atoms. The molecule has 0 aliphatic carbocycles. The van der Waals surface area contributed by atoms with Crippen molar-refractivity contribution in [3.05, 3.63) is 24.3 Å². The summed E-state index contributed by atoms with van der Waals surface area (Å²) in [5.41, 5.74) is 0.676. The Bertz CT molecular complexity index is 723. The summed E-state index contributed by atoms with van der Waals surface area (Å²) >= 11 is 0. The van der Waals surface area contributed by atoms with Gasteiger partial charge in [0.15, 0.2) is 5.82 Å². The van der Waals surface area contributed by atoms with E-state index in [-0.39, 0.29) is 5.82 Å². The smallest absolute Gasteiger partial charge is 0.422 e. The number of carbonyl (C=O) groups is 1. The highest BCUT2D eigenvalue weighted by Gasteiger charge is 2.18. The maximum absolute atomic E-state index is 11.8. The van der Waals surface area contributed by atoms with Gasteiger partial charge in [-0.25, -0.2) is 14.2 Å². The molecule has 3 N–H and O–H groups in total. The summed E-state index contributed by atoms with van der Waals surface area (Å²) in [5.74, 6) is 0.102. The molecule has 0 aliphatic rings. The molecule has 8 nitrogen and oxygen atoms in total. The van der Waals surface area contributed by atoms with Crippen molar-refractivity contribution in [2.24, 2.45) is 0 Å². The zero-order valence-electron chi connectivity index (χ0n) is 10.9. The first kappa shape index (κ1) is 14.1. The molecule has 1 aromatic carbocycles. The largest absolute Gasteiger partial charge is 0.446 e. The van der Waals surface area contributed by atoms with E-state index in [1.807, 2.05) is 0 Å². The number of ether oxygens (including phenoxy) is 1. The van der Waals surface area contributed by atoms with E-state index in [1.54, 1.807) is 42.8 Å². The summed E-state index contributed by atoms with van der Waals surface area (Å²) in [6.45, 7) is 3.22. The fourth-order valence-electron chi connectivity index (χ4n) is 1.54. The molecule has 0 aliphatic heterocycles. The molecule has 1 heterocycles. The van der Waals surface area contributed by atoms with Crippen molar-refractivity contribution in [1.29, 1.82) is 0 Å². The van der Waals surface area contributed by atoms with Crippen LogP contribution in [0.3, 0.4) is 0 Å². The minimum Gasteiger partial charge on any atom is -0.446 e. The molecule has 9 heteroatoms. The molecule has 2 aromatic rings. The van der Waals surface area contributed by atoms with Gasteiger partial charge in [-0.05, 0) is 26.0 Å². The van der Waals surface area contributed by atoms with Crippen LogP contribution in [0.5, 0.6) is 0 Å². The second-order valence-corrected chi connectivity index (χ2v) is 5.69. The summed E-state index contributed by atoms with van der Waals surface area (Å²) in [5, 5.41) is 7.11. The van der Waals surface area contributed by atoms with Gasteiger partial charge >= 0.3 is 16.3 Å². The van der Waals surface area contributed by atoms with Crippen LogP contribution in [0.15, 0.2) is 24.3 Å². The van der Waals surface area contributed by atoms with Crippen LogP contribution in [0.1, 0.15) is 13.8 Å². The number of nitrogens with zero attached hydrogens (tertiary/aromatic N) is 1. The van der Waals surface area contributed by atoms with Gasteiger partial charge in [-0.3, -0.25) is 5.10 Å². The Morgan fingerprint density at radius 2 is 2.05 bits per heavy atom. The van der Waals surface area contributed by atoms with E-state index in [0.717, 1.165) is 0 Å². The van der Waals surface area contributed by atoms with Gasteiger partial charge in [-0.2, -0.15) is 13.5 Å². The molecular weight excluding hydrogens is 284 g/mol. The molecule has 0 radical (unpaired) electrons. The molecule has 1 aromatic heterocycles. The highest BCUT2D eigenvalue weighted by atomic mass is 32.2. The zero-order valence-corrected chi connectivity index (χ0v) is 11.7. The van der Waals surface area contributed by atoms with Gasteiger partial charge in [-0.1, -0.05) is 12.1 Å². The number of nitrogens with one attached hydrogen (secondary N) is 3. The molecule has 0 atom stereocenters. The van der Waals surface area contributed by atoms with Crippen LogP contribution in [-0.4, -0.2) is 30.8 Å². The van der Waals surface area contributed by atoms with Crippen molar-refractivity contribution in [3.63, 3.8) is 0 Å². The third-order valence-electron chi connectivity index (χ3n) is 2.26. The lowest BCUT2D eigenvalue weighted by molar-refractivity contribution is 0.121. The fourth-order valence-corrected chi connectivity index (χ4v) is 2.27. The molecule has 0 unspecified atom stereocenters. The maximum Gasteiger partial charge on any atom is 0.422 e. The van der Waals surface area contributed by atoms with Crippen LogP contribution in [0, 0.1) is 0 Å². The normalized spacial score (nSPS) is 11.6. The Hall–Kier alpha value is -2.29. The topological polar surface area (TPSA) is 113 Å². The van der Waals surface area contributed by atoms with Crippen molar-refractivity contribution in [3.8, 4) is 0 Å². The Balaban J connectivity index is 2.14. The molecule has 20 heavy (non-hydrogen) atoms. The number of aromatic amines is 1. The van der Waals surface area contributed by atoms with Crippen LogP contribution in [-0.2, 0) is 14.9 Å². The minimum absolute atomic E-state index is 0.102. The van der Waals surface area contributed by atoms with Crippen molar-refractivity contribution in [2.75, 3.05) is 4.72 Å². The van der Waals surface area contributed by atoms with E-state index in [1.165, 1.54) is 0 Å². The number of hydrogen-bond donors (Lipinski definition) is 3. The Morgan fingerprint density at radius 3 is 2.75 bits per heavy atom. The fraction of sp³-hybridized carbons (Fsp3) is 0.273. The number of benzene rings is 1. The third-order valence-corrected chi connectivity index (χ3v) is 3.16. The Morgan fingerprint density at radius 1 is 1.35 bits per heavy atom. The minimum atomic E-state index is -4.10. The van der Waals surface area contributed by atoms with E-state index < -0.39 is 22.4 Å². The zero-order chi connectivity index (χ0) is 14.8. The SMILES string of the molecule is CC(C)OC(=O)NS(=O)(=O)Nc1n[nH]c2ccccc12. The molecular formula is C11H14N4O4S. The summed E-state index contributed by atoms with van der Waals surface area (Å²) in [6.07, 6.45) is -1.47. The predicted molar refractivity (Wildman–Crippen MR) is 73.4 cm³/mol. The van der Waals surface area contributed by atoms with Gasteiger partial charge in [-0.15, -0.1) is 0 Å². The molecule has 0 fully saturated rings. The first-order valence-corrected chi connectivity index (χ1v) is 7.30. The van der Waals surface area contributed by atoms with Gasteiger partial charge in [0.25, 0.3) is 0 Å². The lowest BCUT2D eigenvalue weighted by Crippen LogP contribution is -2.36. The number of H-pyrrole nitrogens is 1. The molecule has 2 rings (SSSR count). The second-order valence-electron chi connectivity index (χ2n) is 4.28. The number of fused-ring (bicyclic) bond motifs is 1. The van der Waals surface area contributed by atoms with Crippen LogP contribution < -0.4 is 9.44 Å². The number of para-hydroxylation sites is 1. The van der Waals surface area contributed by atoms with Crippen molar-refractivity contribution in [2.45, 2.75) is 20.0 Å². The van der Waals surface area contributed by atoms with E-state index in [0.29, 0.717) is 10.9 Å². The molecule has 108 valence electrons. The van der Waals surface area contributed by atoms with Crippen LogP contribution in [0.25, 0.3) is 10.9 Å². The average molecular weight is 298 g/mol. The van der Waals surface area contributed by atoms with E-state index in [2.05, 4.69) is 14.9 Å². The number of rotatable bonds is 4. The maximum atomic E-state index is 11.8. The number of aromatic nitrogens is 2. The summed E-state index contributed by atoms with van der Waals surface area (Å²) in [7, 11) is -4.10. The van der Waals surface area contributed by atoms with E-state index in [9.17, 15) is 13.2 Å². The second kappa shape index (κ2) is 5.37. The number of carbonyl (C=O) groups excluding carboxylic acids is 1. The number of amides is 1.